The van der Waals surface area contributed by atoms with Crippen LogP contribution < -0.4 is 10.6 Å². The lowest BCUT2D eigenvalue weighted by atomic mass is 10.1. The highest BCUT2D eigenvalue weighted by Crippen LogP contribution is 2.26. The van der Waals surface area contributed by atoms with E-state index in [-0.39, 0.29) is 17.5 Å². The summed E-state index contributed by atoms with van der Waals surface area (Å²) in [6.45, 7) is 0. The molecular formula is C21H19BrN4O2. The maximum Gasteiger partial charge on any atom is 0.272 e. The number of amides is 2. The number of rotatable bonds is 4. The zero-order valence-electron chi connectivity index (χ0n) is 15.0. The van der Waals surface area contributed by atoms with Gasteiger partial charge in [-0.2, -0.15) is 5.10 Å². The lowest BCUT2D eigenvalue weighted by Gasteiger charge is -2.14. The number of nitrogens with zero attached hydrogens (tertiary/aromatic N) is 1. The van der Waals surface area contributed by atoms with Crippen molar-refractivity contribution in [1.29, 1.82) is 0 Å². The Morgan fingerprint density at radius 2 is 2.00 bits per heavy atom. The lowest BCUT2D eigenvalue weighted by molar-refractivity contribution is -0.118. The second-order valence-corrected chi connectivity index (χ2v) is 7.71. The summed E-state index contributed by atoms with van der Waals surface area (Å²) < 4.78 is 0.900. The maximum atomic E-state index is 12.6. The first-order valence-electron chi connectivity index (χ1n) is 9.07. The number of carbonyl (C=O) groups is 2. The average Bonchev–Trinajstić information content (AvgIpc) is 3.09. The topological polar surface area (TPSA) is 86.9 Å². The molecule has 0 spiro atoms. The summed E-state index contributed by atoms with van der Waals surface area (Å²) in [6.07, 6.45) is 1.90. The van der Waals surface area contributed by atoms with Crippen molar-refractivity contribution in [3.63, 3.8) is 0 Å². The summed E-state index contributed by atoms with van der Waals surface area (Å²) in [5.74, 6) is -0.576. The number of nitrogens with one attached hydrogen (secondary N) is 3. The molecule has 28 heavy (non-hydrogen) atoms. The Kier molecular flexibility index (Phi) is 5.25. The number of H-pyrrole nitrogens is 1. The van der Waals surface area contributed by atoms with Crippen molar-refractivity contribution in [3.8, 4) is 0 Å². The van der Waals surface area contributed by atoms with Crippen LogP contribution in [0.5, 0.6) is 0 Å². The van der Waals surface area contributed by atoms with Crippen molar-refractivity contribution >= 4 is 33.4 Å². The lowest BCUT2D eigenvalue weighted by Crippen LogP contribution is -2.43. The van der Waals surface area contributed by atoms with Gasteiger partial charge in [0.25, 0.3) is 5.91 Å². The summed E-state index contributed by atoms with van der Waals surface area (Å²) in [7, 11) is 0. The fourth-order valence-corrected chi connectivity index (χ4v) is 3.65. The largest absolute Gasteiger partial charge is 0.339 e. The maximum absolute atomic E-state index is 12.6. The molecule has 7 heteroatoms. The van der Waals surface area contributed by atoms with Gasteiger partial charge in [-0.1, -0.05) is 52.3 Å². The third-order valence-corrected chi connectivity index (χ3v) is 5.25. The number of aromatic nitrogens is 2. The van der Waals surface area contributed by atoms with Crippen molar-refractivity contribution in [2.45, 2.75) is 25.3 Å². The van der Waals surface area contributed by atoms with E-state index in [9.17, 15) is 9.59 Å². The molecule has 0 fully saturated rings. The molecule has 3 aromatic rings. The van der Waals surface area contributed by atoms with Gasteiger partial charge in [-0.25, -0.2) is 0 Å². The monoisotopic (exact) mass is 438 g/mol. The minimum atomic E-state index is -0.604. The van der Waals surface area contributed by atoms with Crippen molar-refractivity contribution < 1.29 is 9.59 Å². The minimum absolute atomic E-state index is 0.217. The van der Waals surface area contributed by atoms with Gasteiger partial charge >= 0.3 is 0 Å². The summed E-state index contributed by atoms with van der Waals surface area (Å²) in [6, 6.07) is 16.9. The van der Waals surface area contributed by atoms with Crippen LogP contribution in [0.1, 0.15) is 33.7 Å². The molecule has 2 amide bonds. The molecule has 2 heterocycles. The molecule has 6 nitrogen and oxygen atoms in total. The van der Waals surface area contributed by atoms with Crippen LogP contribution in [0.15, 0.2) is 59.1 Å². The number of anilines is 1. The molecule has 0 unspecified atom stereocenters. The number of hydrogen-bond acceptors (Lipinski definition) is 3. The molecule has 3 N–H and O–H groups in total. The van der Waals surface area contributed by atoms with Crippen LogP contribution in [0, 0.1) is 0 Å². The number of halogens is 1. The van der Waals surface area contributed by atoms with Crippen LogP contribution in [-0.4, -0.2) is 28.1 Å². The fraction of sp³-hybridized carbons (Fsp3) is 0.190. The second-order valence-electron chi connectivity index (χ2n) is 6.80. The van der Waals surface area contributed by atoms with Crippen molar-refractivity contribution in [2.75, 3.05) is 5.32 Å². The van der Waals surface area contributed by atoms with E-state index in [2.05, 4.69) is 36.8 Å². The Bertz CT molecular complexity index is 1020. The molecule has 0 aliphatic carbocycles. The Labute approximate surface area is 170 Å². The van der Waals surface area contributed by atoms with Crippen LogP contribution >= 0.6 is 15.9 Å². The normalized spacial score (nSPS) is 16.0. The molecule has 0 radical (unpaired) electrons. The van der Waals surface area contributed by atoms with E-state index in [1.54, 1.807) is 6.07 Å². The zero-order valence-corrected chi connectivity index (χ0v) is 16.6. The summed E-state index contributed by atoms with van der Waals surface area (Å²) in [4.78, 5) is 25.1. The Morgan fingerprint density at radius 1 is 1.18 bits per heavy atom. The van der Waals surface area contributed by atoms with E-state index < -0.39 is 6.04 Å². The summed E-state index contributed by atoms with van der Waals surface area (Å²) in [5.41, 5.74) is 4.09. The SMILES string of the molecule is O=C(N[C@H]1CCc2ccc(Br)cc2NC1=O)c1cc(Cc2ccccc2)[nH]n1. The molecule has 0 bridgehead atoms. The van der Waals surface area contributed by atoms with E-state index in [1.165, 1.54) is 0 Å². The van der Waals surface area contributed by atoms with Gasteiger partial charge in [0.2, 0.25) is 5.91 Å². The number of hydrogen-bond donors (Lipinski definition) is 3. The van der Waals surface area contributed by atoms with Gasteiger partial charge in [0.15, 0.2) is 0 Å². The van der Waals surface area contributed by atoms with E-state index in [0.717, 1.165) is 27.0 Å². The molecule has 1 aliphatic heterocycles. The molecular weight excluding hydrogens is 420 g/mol. The predicted molar refractivity (Wildman–Crippen MR) is 110 cm³/mol. The quantitative estimate of drug-likeness (QED) is 0.582. The third-order valence-electron chi connectivity index (χ3n) is 4.75. The summed E-state index contributed by atoms with van der Waals surface area (Å²) in [5, 5.41) is 12.7. The van der Waals surface area contributed by atoms with Gasteiger partial charge in [0.1, 0.15) is 11.7 Å². The van der Waals surface area contributed by atoms with Crippen LogP contribution in [-0.2, 0) is 17.6 Å². The first-order chi connectivity index (χ1) is 13.6. The highest BCUT2D eigenvalue weighted by Gasteiger charge is 2.26. The van der Waals surface area contributed by atoms with E-state index in [1.807, 2.05) is 48.5 Å². The highest BCUT2D eigenvalue weighted by atomic mass is 79.9. The number of benzene rings is 2. The van der Waals surface area contributed by atoms with Gasteiger partial charge < -0.3 is 10.6 Å². The standard InChI is InChI=1S/C21H19BrN4O2/c22-15-8-6-14-7-9-17(20(27)24-18(14)11-15)23-21(28)19-12-16(25-26-19)10-13-4-2-1-3-5-13/h1-6,8,11-12,17H,7,9-10H2,(H,23,28)(H,24,27)(H,25,26)/t17-/m0/s1. The fourth-order valence-electron chi connectivity index (χ4n) is 3.29. The molecule has 1 aliphatic rings. The molecule has 0 saturated heterocycles. The van der Waals surface area contributed by atoms with Gasteiger partial charge in [-0.15, -0.1) is 0 Å². The summed E-state index contributed by atoms with van der Waals surface area (Å²) >= 11 is 3.41. The molecule has 1 atom stereocenters. The second kappa shape index (κ2) is 7.98. The predicted octanol–water partition coefficient (Wildman–Crippen LogP) is 3.45. The highest BCUT2D eigenvalue weighted by molar-refractivity contribution is 9.10. The minimum Gasteiger partial charge on any atom is -0.339 e. The van der Waals surface area contributed by atoms with Crippen molar-refractivity contribution in [3.05, 3.63) is 81.6 Å². The zero-order chi connectivity index (χ0) is 19.5. The van der Waals surface area contributed by atoms with E-state index in [4.69, 9.17) is 0 Å². The van der Waals surface area contributed by atoms with Crippen molar-refractivity contribution in [2.24, 2.45) is 0 Å². The first-order valence-corrected chi connectivity index (χ1v) is 9.86. The number of aromatic amines is 1. The van der Waals surface area contributed by atoms with Crippen molar-refractivity contribution in [1.82, 2.24) is 15.5 Å². The Hall–Kier alpha value is -2.93. The van der Waals surface area contributed by atoms with Gasteiger partial charge in [-0.3, -0.25) is 14.7 Å². The van der Waals surface area contributed by atoms with E-state index in [0.29, 0.717) is 19.3 Å². The first kappa shape index (κ1) is 18.4. The number of fused-ring (bicyclic) bond motifs is 1. The van der Waals surface area contributed by atoms with E-state index >= 15 is 0 Å². The molecule has 142 valence electrons. The van der Waals surface area contributed by atoms with Crippen LogP contribution in [0.2, 0.25) is 0 Å². The Balaban J connectivity index is 1.42. The number of aryl methyl sites for hydroxylation is 1. The molecule has 0 saturated carbocycles. The van der Waals surface area contributed by atoms with Gasteiger partial charge in [0.05, 0.1) is 0 Å². The molecule has 4 rings (SSSR count). The number of carbonyl (C=O) groups excluding carboxylic acids is 2. The average molecular weight is 439 g/mol. The Morgan fingerprint density at radius 3 is 2.82 bits per heavy atom. The smallest absolute Gasteiger partial charge is 0.272 e. The van der Waals surface area contributed by atoms with Crippen LogP contribution in [0.4, 0.5) is 5.69 Å². The van der Waals surface area contributed by atoms with Crippen LogP contribution in [0.25, 0.3) is 0 Å². The molecule has 2 aromatic carbocycles. The third kappa shape index (κ3) is 4.14. The van der Waals surface area contributed by atoms with Gasteiger partial charge in [0, 0.05) is 22.3 Å². The van der Waals surface area contributed by atoms with Gasteiger partial charge in [-0.05, 0) is 42.2 Å². The van der Waals surface area contributed by atoms with Crippen LogP contribution in [0.3, 0.4) is 0 Å². The molecule has 1 aromatic heterocycles.